The number of amides is 1. The molecule has 0 bridgehead atoms. The number of carbonyl (C=O) groups is 1. The highest BCUT2D eigenvalue weighted by molar-refractivity contribution is 6.30. The summed E-state index contributed by atoms with van der Waals surface area (Å²) in [5.74, 6) is -0.203. The molecule has 1 unspecified atom stereocenters. The number of nitrogens with zero attached hydrogens (tertiary/aromatic N) is 3. The van der Waals surface area contributed by atoms with Crippen molar-refractivity contribution in [3.05, 3.63) is 69.2 Å². The highest BCUT2D eigenvalue weighted by atomic mass is 35.5. The zero-order valence-corrected chi connectivity index (χ0v) is 19.4. The van der Waals surface area contributed by atoms with Crippen LogP contribution in [0.1, 0.15) is 39.0 Å². The van der Waals surface area contributed by atoms with Gasteiger partial charge < -0.3 is 9.74 Å². The Morgan fingerprint density at radius 1 is 1.09 bits per heavy atom. The molecule has 1 fully saturated rings. The molecule has 0 spiro atoms. The van der Waals surface area contributed by atoms with Crippen LogP contribution >= 0.6 is 11.6 Å². The maximum Gasteiger partial charge on any atom is 0.435 e. The van der Waals surface area contributed by atoms with Gasteiger partial charge in [0.2, 0.25) is 0 Å². The summed E-state index contributed by atoms with van der Waals surface area (Å²) in [7, 11) is 1.88. The van der Waals surface area contributed by atoms with Gasteiger partial charge >= 0.3 is 12.4 Å². The lowest BCUT2D eigenvalue weighted by Crippen LogP contribution is -2.43. The summed E-state index contributed by atoms with van der Waals surface area (Å²) in [6.45, 7) is 3.41. The van der Waals surface area contributed by atoms with Crippen LogP contribution in [0.4, 0.5) is 26.3 Å². The van der Waals surface area contributed by atoms with E-state index in [4.69, 9.17) is 16.4 Å². The average Bonchev–Trinajstić information content (AvgIpc) is 3.39. The summed E-state index contributed by atoms with van der Waals surface area (Å²) < 4.78 is 82.4. The minimum absolute atomic E-state index is 0.112. The van der Waals surface area contributed by atoms with Crippen molar-refractivity contribution in [2.75, 3.05) is 26.8 Å². The highest BCUT2D eigenvalue weighted by Crippen LogP contribution is 2.50. The zero-order valence-electron chi connectivity index (χ0n) is 18.6. The molecule has 2 heterocycles. The minimum atomic E-state index is -5.10. The SMILES string of the molecule is Cc1cc(C2=NOC(c3cc(Cl)cc(C(F)(F)F)c3)(C(F)(F)F)C2)ccc1C(=O)N1CCN(C)C1. The normalized spacial score (nSPS) is 21.3. The average molecular weight is 520 g/mol. The molecule has 188 valence electrons. The fourth-order valence-corrected chi connectivity index (χ4v) is 4.42. The molecule has 12 heteroatoms. The van der Waals surface area contributed by atoms with Crippen LogP contribution in [0.3, 0.4) is 0 Å². The molecule has 4 rings (SSSR count). The van der Waals surface area contributed by atoms with Crippen LogP contribution in [0.25, 0.3) is 0 Å². The number of hydrogen-bond donors (Lipinski definition) is 0. The largest absolute Gasteiger partial charge is 0.435 e. The first-order chi connectivity index (χ1) is 16.2. The van der Waals surface area contributed by atoms with Crippen molar-refractivity contribution in [1.82, 2.24) is 9.80 Å². The van der Waals surface area contributed by atoms with Crippen LogP contribution < -0.4 is 0 Å². The van der Waals surface area contributed by atoms with Crippen LogP contribution in [0, 0.1) is 6.92 Å². The first-order valence-electron chi connectivity index (χ1n) is 10.5. The Morgan fingerprint density at radius 2 is 1.80 bits per heavy atom. The summed E-state index contributed by atoms with van der Waals surface area (Å²) in [4.78, 5) is 21.3. The summed E-state index contributed by atoms with van der Waals surface area (Å²) >= 11 is 5.73. The smallest absolute Gasteiger partial charge is 0.374 e. The van der Waals surface area contributed by atoms with Gasteiger partial charge in [0, 0.05) is 35.7 Å². The molecule has 2 aliphatic heterocycles. The fraction of sp³-hybridized carbons (Fsp3) is 0.391. The number of hydrogen-bond acceptors (Lipinski definition) is 4. The van der Waals surface area contributed by atoms with Gasteiger partial charge in [-0.05, 0) is 55.4 Å². The first kappa shape index (κ1) is 25.3. The second kappa shape index (κ2) is 8.70. The Morgan fingerprint density at radius 3 is 2.37 bits per heavy atom. The van der Waals surface area contributed by atoms with E-state index in [9.17, 15) is 31.1 Å². The number of alkyl halides is 6. The molecule has 1 saturated heterocycles. The molecule has 35 heavy (non-hydrogen) atoms. The molecular formula is C23H20ClF6N3O2. The van der Waals surface area contributed by atoms with Gasteiger partial charge in [0.1, 0.15) is 0 Å². The molecule has 1 amide bonds. The summed E-state index contributed by atoms with van der Waals surface area (Å²) in [6, 6.07) is 6.18. The van der Waals surface area contributed by atoms with Crippen molar-refractivity contribution < 1.29 is 36.0 Å². The Kier molecular flexibility index (Phi) is 6.29. The standard InChI is InChI=1S/C23H20ClF6N3O2/c1-13-7-14(3-4-18(13)20(34)33-6-5-32(2)12-33)19-11-21(35-31-19,23(28,29)30)15-8-16(22(25,26)27)10-17(24)9-15/h3-4,7-10H,5-6,11-12H2,1-2H3. The van der Waals surface area contributed by atoms with Gasteiger partial charge in [-0.1, -0.05) is 22.8 Å². The molecule has 5 nitrogen and oxygen atoms in total. The number of halogens is 7. The third-order valence-electron chi connectivity index (χ3n) is 6.12. The molecule has 0 aromatic heterocycles. The number of aryl methyl sites for hydroxylation is 1. The molecular weight excluding hydrogens is 500 g/mol. The van der Waals surface area contributed by atoms with Crippen molar-refractivity contribution >= 4 is 23.2 Å². The summed E-state index contributed by atoms with van der Waals surface area (Å²) in [5.41, 5.74) is -4.19. The monoisotopic (exact) mass is 519 g/mol. The fourth-order valence-electron chi connectivity index (χ4n) is 4.19. The molecule has 2 aromatic rings. The quantitative estimate of drug-likeness (QED) is 0.496. The van der Waals surface area contributed by atoms with E-state index in [2.05, 4.69) is 5.16 Å². The highest BCUT2D eigenvalue weighted by Gasteiger charge is 2.62. The molecule has 2 aliphatic rings. The van der Waals surface area contributed by atoms with E-state index in [0.29, 0.717) is 36.5 Å². The molecule has 0 saturated carbocycles. The zero-order chi connectivity index (χ0) is 25.8. The first-order valence-corrected chi connectivity index (χ1v) is 10.9. The molecule has 0 aliphatic carbocycles. The van der Waals surface area contributed by atoms with Crippen LogP contribution in [0.2, 0.25) is 5.02 Å². The topological polar surface area (TPSA) is 45.1 Å². The lowest BCUT2D eigenvalue weighted by molar-refractivity contribution is -0.276. The number of rotatable bonds is 3. The number of likely N-dealkylation sites (N-methyl/N-ethyl adjacent to an activating group) is 1. The molecule has 1 atom stereocenters. The predicted octanol–water partition coefficient (Wildman–Crippen LogP) is 5.59. The lowest BCUT2D eigenvalue weighted by atomic mass is 9.85. The Hall–Kier alpha value is -2.79. The molecule has 2 aromatic carbocycles. The number of carbonyl (C=O) groups excluding carboxylic acids is 1. The second-order valence-corrected chi connectivity index (χ2v) is 9.11. The van der Waals surface area contributed by atoms with E-state index in [-0.39, 0.29) is 17.2 Å². The number of oxime groups is 1. The van der Waals surface area contributed by atoms with E-state index in [0.717, 1.165) is 12.6 Å². The molecule has 0 radical (unpaired) electrons. The Labute approximate surface area is 201 Å². The van der Waals surface area contributed by atoms with Gasteiger partial charge in [0.05, 0.1) is 17.9 Å². The third-order valence-corrected chi connectivity index (χ3v) is 6.34. The lowest BCUT2D eigenvalue weighted by Gasteiger charge is -2.30. The number of benzene rings is 2. The summed E-state index contributed by atoms with van der Waals surface area (Å²) in [6.07, 6.45) is -10.9. The van der Waals surface area contributed by atoms with Gasteiger partial charge in [0.15, 0.2) is 0 Å². The minimum Gasteiger partial charge on any atom is -0.374 e. The molecule has 0 N–H and O–H groups in total. The van der Waals surface area contributed by atoms with Gasteiger partial charge in [-0.2, -0.15) is 26.3 Å². The van der Waals surface area contributed by atoms with Crippen molar-refractivity contribution in [3.8, 4) is 0 Å². The van der Waals surface area contributed by atoms with E-state index in [1.165, 1.54) is 18.2 Å². The van der Waals surface area contributed by atoms with Gasteiger partial charge in [0.25, 0.3) is 11.5 Å². The second-order valence-electron chi connectivity index (χ2n) is 8.68. The maximum absolute atomic E-state index is 14.2. The van der Waals surface area contributed by atoms with Crippen molar-refractivity contribution in [2.24, 2.45) is 5.16 Å². The Bertz CT molecular complexity index is 1200. The van der Waals surface area contributed by atoms with Crippen LogP contribution in [-0.2, 0) is 16.6 Å². The van der Waals surface area contributed by atoms with Crippen molar-refractivity contribution in [1.29, 1.82) is 0 Å². The summed E-state index contributed by atoms with van der Waals surface area (Å²) in [5, 5.41) is 3.08. The van der Waals surface area contributed by atoms with Crippen molar-refractivity contribution in [3.63, 3.8) is 0 Å². The van der Waals surface area contributed by atoms with Gasteiger partial charge in [-0.15, -0.1) is 0 Å². The van der Waals surface area contributed by atoms with Crippen LogP contribution in [0.15, 0.2) is 41.6 Å². The van der Waals surface area contributed by atoms with E-state index < -0.39 is 40.5 Å². The van der Waals surface area contributed by atoms with Gasteiger partial charge in [-0.3, -0.25) is 9.69 Å². The predicted molar refractivity (Wildman–Crippen MR) is 116 cm³/mol. The van der Waals surface area contributed by atoms with E-state index >= 15 is 0 Å². The maximum atomic E-state index is 14.2. The van der Waals surface area contributed by atoms with Crippen LogP contribution in [-0.4, -0.2) is 54.4 Å². The van der Waals surface area contributed by atoms with Gasteiger partial charge in [-0.25, -0.2) is 0 Å². The van der Waals surface area contributed by atoms with Crippen LogP contribution in [0.5, 0.6) is 0 Å². The third kappa shape index (κ3) is 4.71. The van der Waals surface area contributed by atoms with E-state index in [1.54, 1.807) is 11.8 Å². The Balaban J connectivity index is 1.65. The van der Waals surface area contributed by atoms with Crippen molar-refractivity contribution in [2.45, 2.75) is 31.3 Å². The van der Waals surface area contributed by atoms with E-state index in [1.807, 2.05) is 11.9 Å².